The van der Waals surface area contributed by atoms with Crippen molar-refractivity contribution < 1.29 is 4.39 Å². The van der Waals surface area contributed by atoms with Gasteiger partial charge in [-0.3, -0.25) is 0 Å². The van der Waals surface area contributed by atoms with E-state index < -0.39 is 5.82 Å². The Labute approximate surface area is 153 Å². The molecule has 25 heavy (non-hydrogen) atoms. The van der Waals surface area contributed by atoms with Crippen LogP contribution in [0.4, 0.5) is 4.39 Å². The van der Waals surface area contributed by atoms with Gasteiger partial charge < -0.3 is 0 Å². The Morgan fingerprint density at radius 2 is 1.48 bits per heavy atom. The standard InChI is InChI=1S/C23H18ClF/c1-2-3-17-4-9-19(10-5-17)20-11-6-18(7-12-20)8-13-21-14-15-22(24)16-23(21)25/h4-7,9-12,14-16H,2-3H2,1H3. The Bertz CT molecular complexity index is 913. The van der Waals surface area contributed by atoms with Gasteiger partial charge in [-0.05, 0) is 53.4 Å². The van der Waals surface area contributed by atoms with Gasteiger partial charge in [-0.25, -0.2) is 4.39 Å². The number of hydrogen-bond donors (Lipinski definition) is 0. The molecule has 0 amide bonds. The molecule has 0 aliphatic carbocycles. The molecule has 0 aliphatic heterocycles. The second-order valence-corrected chi connectivity index (χ2v) is 6.33. The van der Waals surface area contributed by atoms with Gasteiger partial charge in [0.05, 0.1) is 5.56 Å². The summed E-state index contributed by atoms with van der Waals surface area (Å²) in [6.45, 7) is 2.18. The first-order chi connectivity index (χ1) is 12.2. The molecule has 0 saturated carbocycles. The van der Waals surface area contributed by atoms with Crippen molar-refractivity contribution in [2.75, 3.05) is 0 Å². The highest BCUT2D eigenvalue weighted by atomic mass is 35.5. The fraction of sp³-hybridized carbons (Fsp3) is 0.130. The third-order valence-corrected chi connectivity index (χ3v) is 4.22. The van der Waals surface area contributed by atoms with Crippen LogP contribution < -0.4 is 0 Å². The first kappa shape index (κ1) is 17.3. The molecule has 3 aromatic rings. The lowest BCUT2D eigenvalue weighted by atomic mass is 10.0. The van der Waals surface area contributed by atoms with Crippen molar-refractivity contribution in [3.63, 3.8) is 0 Å². The van der Waals surface area contributed by atoms with Crippen molar-refractivity contribution in [1.29, 1.82) is 0 Å². The maximum atomic E-state index is 13.7. The molecule has 0 radical (unpaired) electrons. The van der Waals surface area contributed by atoms with Gasteiger partial charge in [-0.1, -0.05) is 73.2 Å². The molecule has 124 valence electrons. The third kappa shape index (κ3) is 4.50. The first-order valence-electron chi connectivity index (χ1n) is 8.32. The smallest absolute Gasteiger partial charge is 0.140 e. The lowest BCUT2D eigenvalue weighted by molar-refractivity contribution is 0.624. The Hall–Kier alpha value is -2.56. The number of halogens is 2. The summed E-state index contributed by atoms with van der Waals surface area (Å²) in [5.74, 6) is 5.45. The molecule has 0 bridgehead atoms. The molecule has 0 fully saturated rings. The Morgan fingerprint density at radius 1 is 0.840 bits per heavy atom. The highest BCUT2D eigenvalue weighted by molar-refractivity contribution is 6.30. The zero-order valence-corrected chi connectivity index (χ0v) is 14.8. The van der Waals surface area contributed by atoms with E-state index in [1.807, 2.05) is 24.3 Å². The van der Waals surface area contributed by atoms with E-state index >= 15 is 0 Å². The number of hydrogen-bond acceptors (Lipinski definition) is 0. The van der Waals surface area contributed by atoms with Crippen LogP contribution in [0.1, 0.15) is 30.0 Å². The zero-order valence-electron chi connectivity index (χ0n) is 14.0. The van der Waals surface area contributed by atoms with E-state index in [0.29, 0.717) is 10.6 Å². The molecule has 0 saturated heterocycles. The minimum absolute atomic E-state index is 0.347. The van der Waals surface area contributed by atoms with Crippen molar-refractivity contribution in [1.82, 2.24) is 0 Å². The monoisotopic (exact) mass is 348 g/mol. The summed E-state index contributed by atoms with van der Waals surface area (Å²) in [6.07, 6.45) is 2.26. The lowest BCUT2D eigenvalue weighted by Gasteiger charge is -2.04. The van der Waals surface area contributed by atoms with E-state index in [9.17, 15) is 4.39 Å². The third-order valence-electron chi connectivity index (χ3n) is 3.98. The molecule has 3 aromatic carbocycles. The minimum atomic E-state index is -0.399. The average Bonchev–Trinajstić information content (AvgIpc) is 2.62. The van der Waals surface area contributed by atoms with Crippen LogP contribution in [0.2, 0.25) is 5.02 Å². The molecule has 0 aliphatic rings. The maximum absolute atomic E-state index is 13.7. The highest BCUT2D eigenvalue weighted by Gasteiger charge is 2.00. The fourth-order valence-corrected chi connectivity index (χ4v) is 2.79. The van der Waals surface area contributed by atoms with Crippen LogP contribution in [-0.2, 0) is 6.42 Å². The van der Waals surface area contributed by atoms with E-state index in [2.05, 4.69) is 43.0 Å². The molecular formula is C23H18ClF. The molecular weight excluding hydrogens is 331 g/mol. The maximum Gasteiger partial charge on any atom is 0.140 e. The predicted octanol–water partition coefficient (Wildman–Crippen LogP) is 6.50. The molecule has 0 atom stereocenters. The summed E-state index contributed by atoms with van der Waals surface area (Å²) in [5, 5.41) is 0.373. The summed E-state index contributed by atoms with van der Waals surface area (Å²) in [4.78, 5) is 0. The van der Waals surface area contributed by atoms with Gasteiger partial charge in [-0.2, -0.15) is 0 Å². The molecule has 2 heteroatoms. The number of aryl methyl sites for hydroxylation is 1. The van der Waals surface area contributed by atoms with Gasteiger partial charge in [0.15, 0.2) is 0 Å². The molecule has 0 N–H and O–H groups in total. The van der Waals surface area contributed by atoms with Gasteiger partial charge in [0.25, 0.3) is 0 Å². The van der Waals surface area contributed by atoms with Crippen LogP contribution in [-0.4, -0.2) is 0 Å². The largest absolute Gasteiger partial charge is 0.206 e. The Balaban J connectivity index is 1.77. The summed E-state index contributed by atoms with van der Waals surface area (Å²) in [5.41, 5.74) is 4.88. The van der Waals surface area contributed by atoms with Gasteiger partial charge in [0.2, 0.25) is 0 Å². The van der Waals surface area contributed by atoms with Gasteiger partial charge in [0, 0.05) is 10.6 Å². The van der Waals surface area contributed by atoms with Gasteiger partial charge in [0.1, 0.15) is 5.82 Å². The predicted molar refractivity (Wildman–Crippen MR) is 103 cm³/mol. The Morgan fingerprint density at radius 3 is 2.08 bits per heavy atom. The van der Waals surface area contributed by atoms with E-state index in [1.165, 1.54) is 17.2 Å². The molecule has 0 unspecified atom stereocenters. The van der Waals surface area contributed by atoms with Crippen LogP contribution in [0.15, 0.2) is 66.7 Å². The quantitative estimate of drug-likeness (QED) is 0.474. The van der Waals surface area contributed by atoms with Crippen LogP contribution in [0.25, 0.3) is 11.1 Å². The fourth-order valence-electron chi connectivity index (χ4n) is 2.63. The SMILES string of the molecule is CCCc1ccc(-c2ccc(C#Cc3ccc(Cl)cc3F)cc2)cc1. The van der Waals surface area contributed by atoms with Crippen molar-refractivity contribution >= 4 is 11.6 Å². The van der Waals surface area contributed by atoms with Crippen molar-refractivity contribution in [2.24, 2.45) is 0 Å². The normalized spacial score (nSPS) is 10.2. The van der Waals surface area contributed by atoms with Crippen molar-refractivity contribution in [3.8, 4) is 23.0 Å². The average molecular weight is 349 g/mol. The summed E-state index contributed by atoms with van der Waals surface area (Å²) < 4.78 is 13.7. The molecule has 0 spiro atoms. The molecule has 0 nitrogen and oxygen atoms in total. The summed E-state index contributed by atoms with van der Waals surface area (Å²) in [7, 11) is 0. The highest BCUT2D eigenvalue weighted by Crippen LogP contribution is 2.21. The zero-order chi connectivity index (χ0) is 17.6. The first-order valence-corrected chi connectivity index (χ1v) is 8.70. The minimum Gasteiger partial charge on any atom is -0.206 e. The van der Waals surface area contributed by atoms with Crippen LogP contribution in [0, 0.1) is 17.7 Å². The number of rotatable bonds is 3. The van der Waals surface area contributed by atoms with Crippen molar-refractivity contribution in [3.05, 3.63) is 94.3 Å². The second-order valence-electron chi connectivity index (χ2n) is 5.90. The molecule has 3 rings (SSSR count). The topological polar surface area (TPSA) is 0 Å². The van der Waals surface area contributed by atoms with Gasteiger partial charge >= 0.3 is 0 Å². The lowest BCUT2D eigenvalue weighted by Crippen LogP contribution is -1.85. The van der Waals surface area contributed by atoms with Crippen molar-refractivity contribution in [2.45, 2.75) is 19.8 Å². The van der Waals surface area contributed by atoms with E-state index in [-0.39, 0.29) is 0 Å². The second kappa shape index (κ2) is 8.01. The van der Waals surface area contributed by atoms with Crippen LogP contribution >= 0.6 is 11.6 Å². The molecule has 0 heterocycles. The number of benzene rings is 3. The van der Waals surface area contributed by atoms with Crippen LogP contribution in [0.5, 0.6) is 0 Å². The van der Waals surface area contributed by atoms with Crippen LogP contribution in [0.3, 0.4) is 0 Å². The summed E-state index contributed by atoms with van der Waals surface area (Å²) in [6, 6.07) is 21.1. The molecule has 0 aromatic heterocycles. The van der Waals surface area contributed by atoms with E-state index in [1.54, 1.807) is 12.1 Å². The Kier molecular flexibility index (Phi) is 5.53. The summed E-state index contributed by atoms with van der Waals surface area (Å²) >= 11 is 5.75. The van der Waals surface area contributed by atoms with Gasteiger partial charge in [-0.15, -0.1) is 0 Å². The van der Waals surface area contributed by atoms with E-state index in [4.69, 9.17) is 11.6 Å². The van der Waals surface area contributed by atoms with E-state index in [0.717, 1.165) is 24.0 Å².